The van der Waals surface area contributed by atoms with E-state index in [0.29, 0.717) is 16.7 Å². The molecule has 2 rings (SSSR count). The SMILES string of the molecule is CNC1CCC(C)(C)CC1Sc1ncccc1Br. The van der Waals surface area contributed by atoms with E-state index in [0.717, 1.165) is 9.50 Å². The minimum atomic E-state index is 0.451. The number of thioether (sulfide) groups is 1. The second-order valence-corrected chi connectivity index (χ2v) is 7.83. The molecular formula is C14H21BrN2S. The van der Waals surface area contributed by atoms with Crippen LogP contribution < -0.4 is 5.32 Å². The number of rotatable bonds is 3. The summed E-state index contributed by atoms with van der Waals surface area (Å²) in [5.41, 5.74) is 0.451. The number of nitrogens with zero attached hydrogens (tertiary/aromatic N) is 1. The van der Waals surface area contributed by atoms with E-state index in [4.69, 9.17) is 0 Å². The highest BCUT2D eigenvalue weighted by molar-refractivity contribution is 9.10. The fourth-order valence-corrected chi connectivity index (χ4v) is 4.67. The van der Waals surface area contributed by atoms with Crippen LogP contribution in [0, 0.1) is 5.41 Å². The van der Waals surface area contributed by atoms with Gasteiger partial charge in [0.15, 0.2) is 0 Å². The van der Waals surface area contributed by atoms with E-state index in [-0.39, 0.29) is 0 Å². The quantitative estimate of drug-likeness (QED) is 0.904. The van der Waals surface area contributed by atoms with Gasteiger partial charge in [-0.1, -0.05) is 13.8 Å². The summed E-state index contributed by atoms with van der Waals surface area (Å²) in [5.74, 6) is 0. The molecule has 1 fully saturated rings. The van der Waals surface area contributed by atoms with E-state index in [1.807, 2.05) is 24.0 Å². The van der Waals surface area contributed by atoms with E-state index in [9.17, 15) is 0 Å². The van der Waals surface area contributed by atoms with E-state index in [1.54, 1.807) is 0 Å². The smallest absolute Gasteiger partial charge is 0.110 e. The molecule has 0 radical (unpaired) electrons. The number of hydrogen-bond acceptors (Lipinski definition) is 3. The first kappa shape index (κ1) is 14.4. The van der Waals surface area contributed by atoms with Crippen LogP contribution in [-0.2, 0) is 0 Å². The van der Waals surface area contributed by atoms with Gasteiger partial charge in [-0.3, -0.25) is 0 Å². The Balaban J connectivity index is 2.12. The van der Waals surface area contributed by atoms with Crippen LogP contribution in [0.4, 0.5) is 0 Å². The second-order valence-electron chi connectivity index (χ2n) is 5.75. The highest BCUT2D eigenvalue weighted by Gasteiger charge is 2.35. The van der Waals surface area contributed by atoms with Crippen molar-refractivity contribution in [1.29, 1.82) is 0 Å². The van der Waals surface area contributed by atoms with Gasteiger partial charge in [0.25, 0.3) is 0 Å². The zero-order valence-corrected chi connectivity index (χ0v) is 13.6. The second kappa shape index (κ2) is 5.93. The standard InChI is InChI=1S/C14H21BrN2S/c1-14(2)7-6-11(16-3)12(9-14)18-13-10(15)5-4-8-17-13/h4-5,8,11-12,16H,6-7,9H2,1-3H3. The zero-order chi connectivity index (χ0) is 13.2. The molecule has 4 heteroatoms. The van der Waals surface area contributed by atoms with Gasteiger partial charge in [-0.2, -0.15) is 0 Å². The summed E-state index contributed by atoms with van der Waals surface area (Å²) < 4.78 is 1.10. The van der Waals surface area contributed by atoms with Gasteiger partial charge in [0.1, 0.15) is 5.03 Å². The highest BCUT2D eigenvalue weighted by Crippen LogP contribution is 2.43. The Morgan fingerprint density at radius 1 is 1.50 bits per heavy atom. The lowest BCUT2D eigenvalue weighted by Gasteiger charge is -2.40. The lowest BCUT2D eigenvalue weighted by Crippen LogP contribution is -2.43. The summed E-state index contributed by atoms with van der Waals surface area (Å²) in [4.78, 5) is 4.48. The van der Waals surface area contributed by atoms with Crippen molar-refractivity contribution in [3.8, 4) is 0 Å². The van der Waals surface area contributed by atoms with Crippen molar-refractivity contribution >= 4 is 27.7 Å². The van der Waals surface area contributed by atoms with E-state index in [1.165, 1.54) is 19.3 Å². The zero-order valence-electron chi connectivity index (χ0n) is 11.2. The minimum Gasteiger partial charge on any atom is -0.316 e. The van der Waals surface area contributed by atoms with Gasteiger partial charge in [-0.15, -0.1) is 11.8 Å². The fourth-order valence-electron chi connectivity index (χ4n) is 2.58. The topological polar surface area (TPSA) is 24.9 Å². The van der Waals surface area contributed by atoms with Gasteiger partial charge in [-0.05, 0) is 59.8 Å². The summed E-state index contributed by atoms with van der Waals surface area (Å²) in [6, 6.07) is 4.63. The van der Waals surface area contributed by atoms with Gasteiger partial charge in [0.2, 0.25) is 0 Å². The fraction of sp³-hybridized carbons (Fsp3) is 0.643. The number of nitrogens with one attached hydrogen (secondary N) is 1. The Bertz CT molecular complexity index is 409. The molecule has 1 heterocycles. The molecular weight excluding hydrogens is 308 g/mol. The van der Waals surface area contributed by atoms with Crippen molar-refractivity contribution in [1.82, 2.24) is 10.3 Å². The van der Waals surface area contributed by atoms with E-state index < -0.39 is 0 Å². The molecule has 0 saturated heterocycles. The van der Waals surface area contributed by atoms with Crippen LogP contribution in [0.15, 0.2) is 27.8 Å². The summed E-state index contributed by atoms with van der Waals surface area (Å²) in [6.07, 6.45) is 5.67. The third-order valence-electron chi connectivity index (χ3n) is 3.69. The first-order valence-electron chi connectivity index (χ1n) is 6.46. The molecule has 100 valence electrons. The molecule has 0 aromatic carbocycles. The van der Waals surface area contributed by atoms with Gasteiger partial charge < -0.3 is 5.32 Å². The third kappa shape index (κ3) is 3.49. The summed E-state index contributed by atoms with van der Waals surface area (Å²) in [6.45, 7) is 4.75. The van der Waals surface area contributed by atoms with E-state index >= 15 is 0 Å². The van der Waals surface area contributed by atoms with Gasteiger partial charge in [0.05, 0.1) is 0 Å². The Morgan fingerprint density at radius 2 is 2.28 bits per heavy atom. The summed E-state index contributed by atoms with van der Waals surface area (Å²) in [5, 5.41) is 5.18. The molecule has 1 aliphatic rings. The first-order valence-corrected chi connectivity index (χ1v) is 8.13. The molecule has 1 aliphatic carbocycles. The molecule has 1 saturated carbocycles. The minimum absolute atomic E-state index is 0.451. The van der Waals surface area contributed by atoms with Crippen LogP contribution in [0.2, 0.25) is 0 Å². The largest absolute Gasteiger partial charge is 0.316 e. The average molecular weight is 329 g/mol. The average Bonchev–Trinajstić information content (AvgIpc) is 2.31. The lowest BCUT2D eigenvalue weighted by atomic mass is 9.75. The number of aromatic nitrogens is 1. The molecule has 0 amide bonds. The molecule has 2 nitrogen and oxygen atoms in total. The third-order valence-corrected chi connectivity index (χ3v) is 5.94. The van der Waals surface area contributed by atoms with Crippen molar-refractivity contribution in [2.45, 2.75) is 49.4 Å². The Morgan fingerprint density at radius 3 is 2.94 bits per heavy atom. The molecule has 0 bridgehead atoms. The molecule has 18 heavy (non-hydrogen) atoms. The number of halogens is 1. The molecule has 0 spiro atoms. The van der Waals surface area contributed by atoms with Gasteiger partial charge >= 0.3 is 0 Å². The molecule has 1 aromatic heterocycles. The van der Waals surface area contributed by atoms with Crippen LogP contribution in [0.3, 0.4) is 0 Å². The summed E-state index contributed by atoms with van der Waals surface area (Å²) in [7, 11) is 2.07. The lowest BCUT2D eigenvalue weighted by molar-refractivity contribution is 0.218. The molecule has 1 aromatic rings. The van der Waals surface area contributed by atoms with Gasteiger partial charge in [-0.25, -0.2) is 4.98 Å². The Kier molecular flexibility index (Phi) is 4.73. The van der Waals surface area contributed by atoms with Crippen molar-refractivity contribution in [2.75, 3.05) is 7.05 Å². The molecule has 0 aliphatic heterocycles. The summed E-state index contributed by atoms with van der Waals surface area (Å²) >= 11 is 5.50. The Hall–Kier alpha value is -0.0600. The van der Waals surface area contributed by atoms with E-state index in [2.05, 4.69) is 53.2 Å². The maximum Gasteiger partial charge on any atom is 0.110 e. The Labute approximate surface area is 122 Å². The molecule has 1 N–H and O–H groups in total. The normalized spacial score (nSPS) is 27.1. The van der Waals surface area contributed by atoms with Crippen LogP contribution in [0.5, 0.6) is 0 Å². The number of pyridine rings is 1. The van der Waals surface area contributed by atoms with Crippen LogP contribution in [0.1, 0.15) is 33.1 Å². The van der Waals surface area contributed by atoms with Crippen molar-refractivity contribution in [3.05, 3.63) is 22.8 Å². The van der Waals surface area contributed by atoms with Crippen LogP contribution in [0.25, 0.3) is 0 Å². The van der Waals surface area contributed by atoms with Crippen molar-refractivity contribution in [2.24, 2.45) is 5.41 Å². The van der Waals surface area contributed by atoms with Crippen molar-refractivity contribution in [3.63, 3.8) is 0 Å². The highest BCUT2D eigenvalue weighted by atomic mass is 79.9. The first-order chi connectivity index (χ1) is 8.52. The monoisotopic (exact) mass is 328 g/mol. The molecule has 2 atom stereocenters. The van der Waals surface area contributed by atoms with Crippen LogP contribution in [-0.4, -0.2) is 23.3 Å². The predicted molar refractivity (Wildman–Crippen MR) is 82.1 cm³/mol. The van der Waals surface area contributed by atoms with Gasteiger partial charge in [0, 0.05) is 22.0 Å². The van der Waals surface area contributed by atoms with Crippen LogP contribution >= 0.6 is 27.7 Å². The van der Waals surface area contributed by atoms with Crippen molar-refractivity contribution < 1.29 is 0 Å². The number of hydrogen-bond donors (Lipinski definition) is 1. The maximum absolute atomic E-state index is 4.48. The maximum atomic E-state index is 4.48. The predicted octanol–water partition coefficient (Wildman–Crippen LogP) is 4.10. The molecule has 2 unspecified atom stereocenters.